The van der Waals surface area contributed by atoms with Crippen molar-refractivity contribution < 1.29 is 32.7 Å². The molecule has 0 saturated heterocycles. The third-order valence-corrected chi connectivity index (χ3v) is 7.60. The monoisotopic (exact) mass is 698 g/mol. The van der Waals surface area contributed by atoms with Gasteiger partial charge in [-0.05, 0) is 62.9 Å². The van der Waals surface area contributed by atoms with Gasteiger partial charge in [-0.15, -0.1) is 0 Å². The fraction of sp³-hybridized carbons (Fsp3) is 0.158. The number of nitrogens with one attached hydrogen (secondary N) is 1. The lowest BCUT2D eigenvalue weighted by atomic mass is 9.97. The summed E-state index contributed by atoms with van der Waals surface area (Å²) >= 11 is 0. The van der Waals surface area contributed by atoms with Crippen LogP contribution in [0, 0.1) is 0 Å². The molecule has 2 amide bonds. The van der Waals surface area contributed by atoms with Crippen molar-refractivity contribution in [1.29, 1.82) is 0 Å². The molecule has 0 spiro atoms. The lowest BCUT2D eigenvalue weighted by molar-refractivity contribution is -0.192. The van der Waals surface area contributed by atoms with E-state index in [1.165, 1.54) is 0 Å². The average Bonchev–Trinajstić information content (AvgIpc) is 3.12. The first kappa shape index (κ1) is 37.6. The number of guanidine groups is 1. The Kier molecular flexibility index (Phi) is 12.9. The zero-order valence-electron chi connectivity index (χ0n) is 27.4. The highest BCUT2D eigenvalue weighted by molar-refractivity contribution is 6.01. The Hall–Kier alpha value is -6.21. The van der Waals surface area contributed by atoms with Crippen LogP contribution in [-0.4, -0.2) is 53.0 Å². The van der Waals surface area contributed by atoms with Crippen LogP contribution in [-0.2, 0) is 24.4 Å². The fourth-order valence-electron chi connectivity index (χ4n) is 5.27. The summed E-state index contributed by atoms with van der Waals surface area (Å²) in [6, 6.07) is 37.1. The zero-order valence-corrected chi connectivity index (χ0v) is 27.4. The quantitative estimate of drug-likeness (QED) is 0.0900. The number of hydrogen-bond acceptors (Lipinski definition) is 5. The van der Waals surface area contributed by atoms with Crippen molar-refractivity contribution in [3.8, 4) is 11.1 Å². The second-order valence-electron chi connectivity index (χ2n) is 11.3. The molecule has 0 aliphatic rings. The molecule has 5 rings (SSSR count). The van der Waals surface area contributed by atoms with Gasteiger partial charge < -0.3 is 32.5 Å². The number of aliphatic imine (C=N–C) groups is 1. The van der Waals surface area contributed by atoms with E-state index in [1.54, 1.807) is 6.07 Å². The van der Waals surface area contributed by atoms with Gasteiger partial charge in [0.15, 0.2) is 5.96 Å². The zero-order chi connectivity index (χ0) is 37.0. The van der Waals surface area contributed by atoms with Crippen LogP contribution in [0.15, 0.2) is 120 Å². The highest BCUT2D eigenvalue weighted by atomic mass is 19.4. The molecule has 0 bridgehead atoms. The fourth-order valence-corrected chi connectivity index (χ4v) is 5.27. The molecule has 0 unspecified atom stereocenters. The largest absolute Gasteiger partial charge is 0.490 e. The van der Waals surface area contributed by atoms with Gasteiger partial charge in [0, 0.05) is 37.3 Å². The van der Waals surface area contributed by atoms with Crippen molar-refractivity contribution in [2.24, 2.45) is 22.2 Å². The number of nitrogens with two attached hydrogens (primary N) is 3. The molecule has 5 aromatic carbocycles. The van der Waals surface area contributed by atoms with E-state index in [-0.39, 0.29) is 24.3 Å². The smallest absolute Gasteiger partial charge is 0.475 e. The van der Waals surface area contributed by atoms with E-state index in [1.807, 2.05) is 89.8 Å². The van der Waals surface area contributed by atoms with Crippen LogP contribution in [0.5, 0.6) is 0 Å². The van der Waals surface area contributed by atoms with E-state index in [9.17, 15) is 22.8 Å². The number of amides is 2. The number of aliphatic carboxylic acids is 1. The van der Waals surface area contributed by atoms with Crippen LogP contribution in [0.3, 0.4) is 0 Å². The molecule has 5 aromatic rings. The number of nitrogens with zero attached hydrogens (tertiary/aromatic N) is 2. The standard InChI is InChI=1S/C36H36N6O2.C2HF3O2/c37-18-19-40-34(43)33-17-4-3-16-32(33)28-12-6-9-26(21-28)23-42(24-30-14-7-11-27-10-1-2-15-31(27)30)35(44)29-13-5-8-25(20-29)22-41-36(38)39;3-2(4,5)1(6)7/h1-17,20-21H,18-19,22-24,37H2,(H,40,43)(H4,38,39,41);(H,6,7). The molecule has 10 nitrogen and oxygen atoms in total. The van der Waals surface area contributed by atoms with E-state index in [0.717, 1.165) is 38.6 Å². The Morgan fingerprint density at radius 1 is 0.784 bits per heavy atom. The van der Waals surface area contributed by atoms with Gasteiger partial charge in [-0.3, -0.25) is 9.59 Å². The van der Waals surface area contributed by atoms with Crippen molar-refractivity contribution in [2.45, 2.75) is 25.8 Å². The summed E-state index contributed by atoms with van der Waals surface area (Å²) < 4.78 is 31.7. The Bertz CT molecular complexity index is 2020. The Morgan fingerprint density at radius 3 is 2.16 bits per heavy atom. The topological polar surface area (TPSA) is 177 Å². The van der Waals surface area contributed by atoms with Crippen LogP contribution < -0.4 is 22.5 Å². The van der Waals surface area contributed by atoms with Gasteiger partial charge in [-0.2, -0.15) is 13.2 Å². The first-order valence-electron chi connectivity index (χ1n) is 15.7. The minimum Gasteiger partial charge on any atom is -0.475 e. The maximum Gasteiger partial charge on any atom is 0.490 e. The normalized spacial score (nSPS) is 10.8. The lowest BCUT2D eigenvalue weighted by Gasteiger charge is -2.25. The Balaban J connectivity index is 0.000000755. The van der Waals surface area contributed by atoms with Crippen LogP contribution in [0.25, 0.3) is 21.9 Å². The van der Waals surface area contributed by atoms with Crippen LogP contribution in [0.2, 0.25) is 0 Å². The number of fused-ring (bicyclic) bond motifs is 1. The first-order valence-corrected chi connectivity index (χ1v) is 15.7. The molecule has 8 N–H and O–H groups in total. The molecule has 0 fully saturated rings. The summed E-state index contributed by atoms with van der Waals surface area (Å²) in [5.41, 5.74) is 22.3. The van der Waals surface area contributed by atoms with Crippen LogP contribution >= 0.6 is 0 Å². The number of alkyl halides is 3. The SMILES string of the molecule is NCCNC(=O)c1ccccc1-c1cccc(CN(Cc2cccc3ccccc23)C(=O)c2cccc(CN=C(N)N)c2)c1.O=C(O)C(F)(F)F. The minimum atomic E-state index is -5.08. The number of carbonyl (C=O) groups excluding carboxylic acids is 2. The predicted molar refractivity (Wildman–Crippen MR) is 190 cm³/mol. The van der Waals surface area contributed by atoms with Crippen molar-refractivity contribution in [2.75, 3.05) is 13.1 Å². The lowest BCUT2D eigenvalue weighted by Crippen LogP contribution is -2.30. The summed E-state index contributed by atoms with van der Waals surface area (Å²) in [4.78, 5) is 41.9. The first-order chi connectivity index (χ1) is 24.4. The number of hydrogen-bond donors (Lipinski definition) is 5. The molecule has 0 atom stereocenters. The predicted octanol–water partition coefficient (Wildman–Crippen LogP) is 5.44. The van der Waals surface area contributed by atoms with Gasteiger partial charge in [0.05, 0.1) is 6.54 Å². The van der Waals surface area contributed by atoms with Crippen molar-refractivity contribution >= 4 is 34.5 Å². The molecule has 0 aliphatic carbocycles. The average molecular weight is 699 g/mol. The van der Waals surface area contributed by atoms with Crippen molar-refractivity contribution in [3.63, 3.8) is 0 Å². The molecule has 51 heavy (non-hydrogen) atoms. The molecule has 13 heteroatoms. The van der Waals surface area contributed by atoms with Gasteiger partial charge in [0.1, 0.15) is 0 Å². The summed E-state index contributed by atoms with van der Waals surface area (Å²) in [6.07, 6.45) is -5.08. The molecule has 0 aromatic heterocycles. The highest BCUT2D eigenvalue weighted by Crippen LogP contribution is 2.27. The van der Waals surface area contributed by atoms with E-state index in [2.05, 4.69) is 34.6 Å². The van der Waals surface area contributed by atoms with Crippen LogP contribution in [0.4, 0.5) is 13.2 Å². The minimum absolute atomic E-state index is 0.00220. The molecule has 0 saturated carbocycles. The highest BCUT2D eigenvalue weighted by Gasteiger charge is 2.38. The van der Waals surface area contributed by atoms with Gasteiger partial charge in [0.2, 0.25) is 0 Å². The second-order valence-corrected chi connectivity index (χ2v) is 11.3. The number of carboxylic acids is 1. The number of carboxylic acid groups (broad SMARTS) is 1. The van der Waals surface area contributed by atoms with Gasteiger partial charge in [-0.1, -0.05) is 91.0 Å². The second kappa shape index (κ2) is 17.4. The number of rotatable bonds is 11. The van der Waals surface area contributed by atoms with Crippen LogP contribution in [0.1, 0.15) is 37.4 Å². The van der Waals surface area contributed by atoms with Gasteiger partial charge >= 0.3 is 12.1 Å². The van der Waals surface area contributed by atoms with E-state index >= 15 is 0 Å². The summed E-state index contributed by atoms with van der Waals surface area (Å²) in [7, 11) is 0. The molecule has 0 heterocycles. The molecular weight excluding hydrogens is 661 g/mol. The van der Waals surface area contributed by atoms with E-state index in [0.29, 0.717) is 37.3 Å². The Morgan fingerprint density at radius 2 is 1.43 bits per heavy atom. The molecule has 264 valence electrons. The van der Waals surface area contributed by atoms with E-state index in [4.69, 9.17) is 27.1 Å². The summed E-state index contributed by atoms with van der Waals surface area (Å²) in [6.45, 7) is 1.80. The maximum atomic E-state index is 14.2. The number of halogens is 3. The number of benzene rings is 5. The maximum absolute atomic E-state index is 14.2. The molecule has 0 aliphatic heterocycles. The van der Waals surface area contributed by atoms with Gasteiger partial charge in [-0.25, -0.2) is 9.79 Å². The number of carbonyl (C=O) groups is 3. The summed E-state index contributed by atoms with van der Waals surface area (Å²) in [5.74, 6) is -3.05. The summed E-state index contributed by atoms with van der Waals surface area (Å²) in [5, 5.41) is 12.2. The van der Waals surface area contributed by atoms with E-state index < -0.39 is 12.1 Å². The third kappa shape index (κ3) is 10.6. The van der Waals surface area contributed by atoms with Gasteiger partial charge in [0.25, 0.3) is 11.8 Å². The molecule has 0 radical (unpaired) electrons. The van der Waals surface area contributed by atoms with Crippen molar-refractivity contribution in [3.05, 3.63) is 143 Å². The van der Waals surface area contributed by atoms with Crippen molar-refractivity contribution in [1.82, 2.24) is 10.2 Å². The molecular formula is C38H37F3N6O4. The Labute approximate surface area is 292 Å². The third-order valence-electron chi connectivity index (χ3n) is 7.60.